The first-order chi connectivity index (χ1) is 9.02. The number of hydrogen-bond donors (Lipinski definition) is 1. The summed E-state index contributed by atoms with van der Waals surface area (Å²) in [5, 5.41) is 3.58. The maximum absolute atomic E-state index is 12.6. The SMILES string of the molecule is CC(C)(C)C1CN(CCC(F)(F)F)C(C)(C2CC2)CN1. The van der Waals surface area contributed by atoms with Gasteiger partial charge >= 0.3 is 6.18 Å². The predicted octanol–water partition coefficient (Wildman–Crippen LogP) is 3.43. The lowest BCUT2D eigenvalue weighted by atomic mass is 9.81. The van der Waals surface area contributed by atoms with E-state index >= 15 is 0 Å². The van der Waals surface area contributed by atoms with Crippen LogP contribution in [0, 0.1) is 11.3 Å². The smallest absolute Gasteiger partial charge is 0.310 e. The molecule has 2 aliphatic rings. The highest BCUT2D eigenvalue weighted by atomic mass is 19.4. The van der Waals surface area contributed by atoms with Crippen LogP contribution in [-0.4, -0.2) is 42.3 Å². The molecule has 2 fully saturated rings. The number of piperazine rings is 1. The van der Waals surface area contributed by atoms with E-state index in [0.717, 1.165) is 19.4 Å². The van der Waals surface area contributed by atoms with E-state index in [1.807, 2.05) is 0 Å². The van der Waals surface area contributed by atoms with Gasteiger partial charge in [0.25, 0.3) is 0 Å². The van der Waals surface area contributed by atoms with E-state index in [-0.39, 0.29) is 23.5 Å². The standard InChI is InChI=1S/C15H27F3N2/c1-13(2,3)12-9-20(8-7-15(16,17)18)14(4,10-19-12)11-5-6-11/h11-12,19H,5-10H2,1-4H3. The molecule has 2 nitrogen and oxygen atoms in total. The van der Waals surface area contributed by atoms with Crippen LogP contribution in [0.3, 0.4) is 0 Å². The fourth-order valence-electron chi connectivity index (χ4n) is 3.23. The Morgan fingerprint density at radius 2 is 1.80 bits per heavy atom. The molecule has 20 heavy (non-hydrogen) atoms. The maximum atomic E-state index is 12.6. The summed E-state index contributed by atoms with van der Waals surface area (Å²) in [5.74, 6) is 0.559. The normalized spacial score (nSPS) is 33.5. The second-order valence-corrected chi connectivity index (χ2v) is 7.74. The van der Waals surface area contributed by atoms with E-state index in [2.05, 4.69) is 37.9 Å². The van der Waals surface area contributed by atoms with Gasteiger partial charge in [-0.3, -0.25) is 4.90 Å². The van der Waals surface area contributed by atoms with Crippen LogP contribution >= 0.6 is 0 Å². The Balaban J connectivity index is 2.07. The van der Waals surface area contributed by atoms with Crippen LogP contribution in [0.25, 0.3) is 0 Å². The molecule has 0 aromatic heterocycles. The molecule has 2 rings (SSSR count). The van der Waals surface area contributed by atoms with Gasteiger partial charge in [-0.2, -0.15) is 13.2 Å². The molecular weight excluding hydrogens is 265 g/mol. The van der Waals surface area contributed by atoms with Gasteiger partial charge in [0.2, 0.25) is 0 Å². The second-order valence-electron chi connectivity index (χ2n) is 7.74. The molecule has 0 radical (unpaired) electrons. The Bertz CT molecular complexity index is 344. The zero-order valence-electron chi connectivity index (χ0n) is 13.0. The molecular formula is C15H27F3N2. The van der Waals surface area contributed by atoms with Crippen molar-refractivity contribution in [2.24, 2.45) is 11.3 Å². The van der Waals surface area contributed by atoms with Gasteiger partial charge in [-0.1, -0.05) is 20.8 Å². The Morgan fingerprint density at radius 3 is 2.25 bits per heavy atom. The fourth-order valence-corrected chi connectivity index (χ4v) is 3.23. The van der Waals surface area contributed by atoms with E-state index in [9.17, 15) is 13.2 Å². The van der Waals surface area contributed by atoms with Crippen LogP contribution in [0.15, 0.2) is 0 Å². The second kappa shape index (κ2) is 5.16. The molecule has 1 saturated heterocycles. The molecule has 1 N–H and O–H groups in total. The van der Waals surface area contributed by atoms with Crippen molar-refractivity contribution >= 4 is 0 Å². The molecule has 2 unspecified atom stereocenters. The summed E-state index contributed by atoms with van der Waals surface area (Å²) in [5.41, 5.74) is -0.0334. The quantitative estimate of drug-likeness (QED) is 0.857. The van der Waals surface area contributed by atoms with Crippen molar-refractivity contribution in [1.29, 1.82) is 0 Å². The number of halogens is 3. The van der Waals surface area contributed by atoms with E-state index in [1.165, 1.54) is 0 Å². The zero-order valence-corrected chi connectivity index (χ0v) is 13.0. The molecule has 0 aromatic rings. The Labute approximate surface area is 120 Å². The molecule has 0 bridgehead atoms. The van der Waals surface area contributed by atoms with Gasteiger partial charge in [-0.25, -0.2) is 0 Å². The van der Waals surface area contributed by atoms with Gasteiger partial charge in [0, 0.05) is 31.2 Å². The number of hydrogen-bond acceptors (Lipinski definition) is 2. The monoisotopic (exact) mass is 292 g/mol. The summed E-state index contributed by atoms with van der Waals surface area (Å²) in [6.07, 6.45) is -2.46. The highest BCUT2D eigenvalue weighted by Gasteiger charge is 2.50. The van der Waals surface area contributed by atoms with E-state index < -0.39 is 12.6 Å². The van der Waals surface area contributed by atoms with E-state index in [4.69, 9.17) is 0 Å². The number of alkyl halides is 3. The zero-order chi connectivity index (χ0) is 15.2. The lowest BCUT2D eigenvalue weighted by Gasteiger charge is -2.51. The molecule has 1 aliphatic heterocycles. The van der Waals surface area contributed by atoms with Crippen molar-refractivity contribution in [2.75, 3.05) is 19.6 Å². The molecule has 0 amide bonds. The van der Waals surface area contributed by atoms with Crippen molar-refractivity contribution in [3.8, 4) is 0 Å². The van der Waals surface area contributed by atoms with Crippen LogP contribution in [0.5, 0.6) is 0 Å². The van der Waals surface area contributed by atoms with Crippen molar-refractivity contribution < 1.29 is 13.2 Å². The lowest BCUT2D eigenvalue weighted by molar-refractivity contribution is -0.143. The summed E-state index contributed by atoms with van der Waals surface area (Å²) in [7, 11) is 0. The summed E-state index contributed by atoms with van der Waals surface area (Å²) in [6, 6.07) is 0.252. The van der Waals surface area contributed by atoms with Crippen LogP contribution in [0.2, 0.25) is 0 Å². The number of nitrogens with one attached hydrogen (secondary N) is 1. The summed E-state index contributed by atoms with van der Waals surface area (Å²) >= 11 is 0. The summed E-state index contributed by atoms with van der Waals surface area (Å²) in [4.78, 5) is 2.10. The van der Waals surface area contributed by atoms with Crippen LogP contribution in [0.1, 0.15) is 47.0 Å². The first-order valence-electron chi connectivity index (χ1n) is 7.57. The van der Waals surface area contributed by atoms with Gasteiger partial charge in [-0.15, -0.1) is 0 Å². The van der Waals surface area contributed by atoms with Crippen LogP contribution in [0.4, 0.5) is 13.2 Å². The van der Waals surface area contributed by atoms with Gasteiger partial charge in [0.15, 0.2) is 0 Å². The third-order valence-electron chi connectivity index (χ3n) is 5.00. The highest BCUT2D eigenvalue weighted by Crippen LogP contribution is 2.45. The molecule has 1 aliphatic carbocycles. The molecule has 1 heterocycles. The van der Waals surface area contributed by atoms with Crippen LogP contribution < -0.4 is 5.32 Å². The number of rotatable bonds is 3. The van der Waals surface area contributed by atoms with Gasteiger partial charge in [0.1, 0.15) is 0 Å². The molecule has 0 aromatic carbocycles. The average molecular weight is 292 g/mol. The minimum absolute atomic E-state index is 0.0708. The van der Waals surface area contributed by atoms with Crippen molar-refractivity contribution in [1.82, 2.24) is 10.2 Å². The Hall–Kier alpha value is -0.290. The molecule has 5 heteroatoms. The molecule has 2 atom stereocenters. The van der Waals surface area contributed by atoms with Crippen molar-refractivity contribution in [2.45, 2.75) is 64.7 Å². The number of nitrogens with zero attached hydrogens (tertiary/aromatic N) is 1. The predicted molar refractivity (Wildman–Crippen MR) is 74.6 cm³/mol. The minimum Gasteiger partial charge on any atom is -0.310 e. The average Bonchev–Trinajstić information content (AvgIpc) is 3.08. The van der Waals surface area contributed by atoms with Crippen molar-refractivity contribution in [3.63, 3.8) is 0 Å². The lowest BCUT2D eigenvalue weighted by Crippen LogP contribution is -2.67. The fraction of sp³-hybridized carbons (Fsp3) is 1.00. The van der Waals surface area contributed by atoms with Gasteiger partial charge in [0.05, 0.1) is 6.42 Å². The maximum Gasteiger partial charge on any atom is 0.390 e. The first kappa shape index (κ1) is 16.1. The molecule has 0 spiro atoms. The Kier molecular flexibility index (Phi) is 4.15. The molecule has 1 saturated carbocycles. The largest absolute Gasteiger partial charge is 0.390 e. The minimum atomic E-state index is -4.06. The molecule has 118 valence electrons. The summed E-state index contributed by atoms with van der Waals surface area (Å²) in [6.45, 7) is 10.2. The van der Waals surface area contributed by atoms with E-state index in [1.54, 1.807) is 0 Å². The Morgan fingerprint density at radius 1 is 1.20 bits per heavy atom. The van der Waals surface area contributed by atoms with Gasteiger partial charge < -0.3 is 5.32 Å². The summed E-state index contributed by atoms with van der Waals surface area (Å²) < 4.78 is 37.7. The van der Waals surface area contributed by atoms with E-state index in [0.29, 0.717) is 12.5 Å². The third kappa shape index (κ3) is 3.67. The highest BCUT2D eigenvalue weighted by molar-refractivity contribution is 5.06. The topological polar surface area (TPSA) is 15.3 Å². The first-order valence-corrected chi connectivity index (χ1v) is 7.57. The van der Waals surface area contributed by atoms with Gasteiger partial charge in [-0.05, 0) is 31.1 Å². The van der Waals surface area contributed by atoms with Crippen molar-refractivity contribution in [3.05, 3.63) is 0 Å². The third-order valence-corrected chi connectivity index (χ3v) is 5.00. The van der Waals surface area contributed by atoms with Crippen LogP contribution in [-0.2, 0) is 0 Å².